The summed E-state index contributed by atoms with van der Waals surface area (Å²) in [5.41, 5.74) is 1.06. The van der Waals surface area contributed by atoms with Crippen LogP contribution in [-0.4, -0.2) is 32.4 Å². The zero-order chi connectivity index (χ0) is 13.6. The van der Waals surface area contributed by atoms with Crippen LogP contribution in [0.3, 0.4) is 0 Å². The molecule has 0 atom stereocenters. The van der Waals surface area contributed by atoms with Crippen molar-refractivity contribution >= 4 is 21.8 Å². The van der Waals surface area contributed by atoms with Crippen molar-refractivity contribution in [2.24, 2.45) is 0 Å². The molecule has 1 rings (SSSR count). The largest absolute Gasteiger partial charge is 0.279 e. The smallest absolute Gasteiger partial charge is 0.202 e. The van der Waals surface area contributed by atoms with Gasteiger partial charge in [-0.2, -0.15) is 12.7 Å². The van der Waals surface area contributed by atoms with E-state index in [9.17, 15) is 8.42 Å². The highest BCUT2D eigenvalue weighted by Gasteiger charge is 2.17. The summed E-state index contributed by atoms with van der Waals surface area (Å²) in [5.74, 6) is 0. The molecular weight excluding hydrogens is 272 g/mol. The number of nitrogens with zero attached hydrogens (tertiary/aromatic N) is 1. The van der Waals surface area contributed by atoms with Crippen molar-refractivity contribution in [2.75, 3.05) is 19.6 Å². The average Bonchev–Trinajstić information content (AvgIpc) is 2.32. The summed E-state index contributed by atoms with van der Waals surface area (Å²) in [5, 5.41) is 0.683. The van der Waals surface area contributed by atoms with E-state index in [1.807, 2.05) is 26.0 Å². The van der Waals surface area contributed by atoms with Gasteiger partial charge in [-0.1, -0.05) is 37.6 Å². The lowest BCUT2D eigenvalue weighted by Gasteiger charge is -2.18. The van der Waals surface area contributed by atoms with E-state index in [1.165, 1.54) is 4.31 Å². The van der Waals surface area contributed by atoms with Gasteiger partial charge in [0.2, 0.25) is 0 Å². The van der Waals surface area contributed by atoms with Crippen molar-refractivity contribution in [3.63, 3.8) is 0 Å². The van der Waals surface area contributed by atoms with E-state index < -0.39 is 10.2 Å². The van der Waals surface area contributed by atoms with E-state index >= 15 is 0 Å². The Morgan fingerprint density at radius 1 is 1.17 bits per heavy atom. The summed E-state index contributed by atoms with van der Waals surface area (Å²) in [6.07, 6.45) is 0.650. The highest BCUT2D eigenvalue weighted by molar-refractivity contribution is 7.87. The van der Waals surface area contributed by atoms with Crippen molar-refractivity contribution < 1.29 is 8.42 Å². The molecule has 18 heavy (non-hydrogen) atoms. The van der Waals surface area contributed by atoms with Gasteiger partial charge in [-0.25, -0.2) is 4.72 Å². The highest BCUT2D eigenvalue weighted by Crippen LogP contribution is 2.09. The van der Waals surface area contributed by atoms with Gasteiger partial charge < -0.3 is 0 Å². The third-order valence-corrected chi connectivity index (χ3v) is 4.67. The molecule has 0 fully saturated rings. The second kappa shape index (κ2) is 7.09. The molecule has 102 valence electrons. The molecule has 1 aromatic carbocycles. The van der Waals surface area contributed by atoms with Crippen LogP contribution in [0.1, 0.15) is 19.4 Å². The Hall–Kier alpha value is -0.620. The van der Waals surface area contributed by atoms with Gasteiger partial charge in [-0.3, -0.25) is 0 Å². The first-order valence-electron chi connectivity index (χ1n) is 5.98. The number of hydrogen-bond donors (Lipinski definition) is 1. The normalized spacial score (nSPS) is 12.0. The standard InChI is InChI=1S/C12H19ClN2O2S/c1-3-15(4-2)18(16,17)14-10-9-11-5-7-12(13)8-6-11/h5-8,14H,3-4,9-10H2,1-2H3. The molecule has 0 aliphatic heterocycles. The Kier molecular flexibility index (Phi) is 6.08. The maximum absolute atomic E-state index is 11.8. The predicted octanol–water partition coefficient (Wildman–Crippen LogP) is 2.06. The van der Waals surface area contributed by atoms with Crippen molar-refractivity contribution in [1.29, 1.82) is 0 Å². The minimum atomic E-state index is -3.34. The van der Waals surface area contributed by atoms with Crippen LogP contribution in [-0.2, 0) is 16.6 Å². The first kappa shape index (κ1) is 15.4. The van der Waals surface area contributed by atoms with E-state index in [0.29, 0.717) is 31.1 Å². The molecule has 0 saturated heterocycles. The molecule has 0 aromatic heterocycles. The van der Waals surface area contributed by atoms with Gasteiger partial charge in [0.25, 0.3) is 10.2 Å². The van der Waals surface area contributed by atoms with E-state index in [-0.39, 0.29) is 0 Å². The molecule has 0 saturated carbocycles. The van der Waals surface area contributed by atoms with Gasteiger partial charge in [0, 0.05) is 24.7 Å². The highest BCUT2D eigenvalue weighted by atomic mass is 35.5. The van der Waals surface area contributed by atoms with Gasteiger partial charge in [0.15, 0.2) is 0 Å². The maximum atomic E-state index is 11.8. The van der Waals surface area contributed by atoms with Crippen molar-refractivity contribution in [3.05, 3.63) is 34.9 Å². The van der Waals surface area contributed by atoms with Crippen LogP contribution >= 0.6 is 11.6 Å². The minimum Gasteiger partial charge on any atom is -0.202 e. The topological polar surface area (TPSA) is 49.4 Å². The number of benzene rings is 1. The Labute approximate surface area is 114 Å². The minimum absolute atomic E-state index is 0.389. The second-order valence-corrected chi connectivity index (χ2v) is 6.05. The Morgan fingerprint density at radius 2 is 1.72 bits per heavy atom. The quantitative estimate of drug-likeness (QED) is 0.836. The molecule has 6 heteroatoms. The van der Waals surface area contributed by atoms with Crippen LogP contribution in [0.2, 0.25) is 5.02 Å². The van der Waals surface area contributed by atoms with Gasteiger partial charge in [-0.05, 0) is 24.1 Å². The fourth-order valence-corrected chi connectivity index (χ4v) is 2.98. The van der Waals surface area contributed by atoms with Crippen molar-refractivity contribution in [1.82, 2.24) is 9.03 Å². The summed E-state index contributed by atoms with van der Waals surface area (Å²) >= 11 is 5.78. The van der Waals surface area contributed by atoms with Crippen LogP contribution in [0.4, 0.5) is 0 Å². The van der Waals surface area contributed by atoms with E-state index in [2.05, 4.69) is 4.72 Å². The molecule has 1 N–H and O–H groups in total. The van der Waals surface area contributed by atoms with Crippen molar-refractivity contribution in [2.45, 2.75) is 20.3 Å². The summed E-state index contributed by atoms with van der Waals surface area (Å²) in [7, 11) is -3.34. The van der Waals surface area contributed by atoms with Gasteiger partial charge in [0.1, 0.15) is 0 Å². The molecule has 0 bridgehead atoms. The fourth-order valence-electron chi connectivity index (χ4n) is 1.63. The zero-order valence-corrected chi connectivity index (χ0v) is 12.3. The van der Waals surface area contributed by atoms with E-state index in [1.54, 1.807) is 12.1 Å². The number of halogens is 1. The van der Waals surface area contributed by atoms with Gasteiger partial charge in [0.05, 0.1) is 0 Å². The number of rotatable bonds is 7. The van der Waals surface area contributed by atoms with Crippen LogP contribution in [0.25, 0.3) is 0 Å². The summed E-state index contributed by atoms with van der Waals surface area (Å²) in [4.78, 5) is 0. The lowest BCUT2D eigenvalue weighted by molar-refractivity contribution is 0.435. The molecule has 0 spiro atoms. The molecular formula is C12H19ClN2O2S. The van der Waals surface area contributed by atoms with E-state index in [4.69, 9.17) is 11.6 Å². The molecule has 1 aromatic rings. The van der Waals surface area contributed by atoms with Crippen LogP contribution in [0.15, 0.2) is 24.3 Å². The first-order valence-corrected chi connectivity index (χ1v) is 7.80. The van der Waals surface area contributed by atoms with Crippen LogP contribution in [0, 0.1) is 0 Å². The first-order chi connectivity index (χ1) is 8.49. The monoisotopic (exact) mass is 290 g/mol. The number of hydrogen-bond acceptors (Lipinski definition) is 2. The number of nitrogens with one attached hydrogen (secondary N) is 1. The fraction of sp³-hybridized carbons (Fsp3) is 0.500. The molecule has 0 amide bonds. The average molecular weight is 291 g/mol. The second-order valence-electron chi connectivity index (χ2n) is 3.86. The Morgan fingerprint density at radius 3 is 2.22 bits per heavy atom. The third kappa shape index (κ3) is 4.57. The molecule has 0 unspecified atom stereocenters. The molecule has 0 heterocycles. The predicted molar refractivity (Wildman–Crippen MR) is 75.0 cm³/mol. The molecule has 0 aliphatic rings. The lowest BCUT2D eigenvalue weighted by atomic mass is 10.2. The van der Waals surface area contributed by atoms with Gasteiger partial charge >= 0.3 is 0 Å². The summed E-state index contributed by atoms with van der Waals surface area (Å²) < 4.78 is 27.6. The van der Waals surface area contributed by atoms with Crippen LogP contribution in [0.5, 0.6) is 0 Å². The Bertz CT molecular complexity index is 455. The van der Waals surface area contributed by atoms with Gasteiger partial charge in [-0.15, -0.1) is 0 Å². The summed E-state index contributed by atoms with van der Waals surface area (Å²) in [6.45, 7) is 4.99. The SMILES string of the molecule is CCN(CC)S(=O)(=O)NCCc1ccc(Cl)cc1. The third-order valence-electron chi connectivity index (χ3n) is 2.66. The van der Waals surface area contributed by atoms with Crippen molar-refractivity contribution in [3.8, 4) is 0 Å². The summed E-state index contributed by atoms with van der Waals surface area (Å²) in [6, 6.07) is 7.40. The van der Waals surface area contributed by atoms with Crippen LogP contribution < -0.4 is 4.72 Å². The molecule has 0 radical (unpaired) electrons. The molecule has 4 nitrogen and oxygen atoms in total. The zero-order valence-electron chi connectivity index (χ0n) is 10.7. The lowest BCUT2D eigenvalue weighted by Crippen LogP contribution is -2.41. The molecule has 0 aliphatic carbocycles. The maximum Gasteiger partial charge on any atom is 0.279 e. The Balaban J connectivity index is 2.48. The van der Waals surface area contributed by atoms with E-state index in [0.717, 1.165) is 5.56 Å².